The molecule has 0 aliphatic rings. The van der Waals surface area contributed by atoms with Crippen LogP contribution in [-0.2, 0) is 11.3 Å². The molecule has 0 fully saturated rings. The zero-order chi connectivity index (χ0) is 14.6. The van der Waals surface area contributed by atoms with Crippen molar-refractivity contribution in [2.45, 2.75) is 19.9 Å². The third-order valence-corrected chi connectivity index (χ3v) is 2.38. The highest BCUT2D eigenvalue weighted by molar-refractivity contribution is 5.86. The summed E-state index contributed by atoms with van der Waals surface area (Å²) in [5.41, 5.74) is -2.64. The third-order valence-electron chi connectivity index (χ3n) is 2.38. The van der Waals surface area contributed by atoms with E-state index in [9.17, 15) is 24.5 Å². The van der Waals surface area contributed by atoms with Crippen molar-refractivity contribution < 1.29 is 14.8 Å². The average molecular weight is 269 g/mol. The summed E-state index contributed by atoms with van der Waals surface area (Å²) in [6.45, 7) is 1.45. The maximum atomic E-state index is 11.4. The molecule has 0 amide bonds. The first kappa shape index (κ1) is 14.4. The molecule has 0 aliphatic heterocycles. The SMILES string of the molecule is CCC(=CCn1cc([N+](=O)[O-])c(=O)[nH]c1=O)C(=O)O. The van der Waals surface area contributed by atoms with Gasteiger partial charge in [-0.2, -0.15) is 0 Å². The molecular formula is C10H11N3O6. The lowest BCUT2D eigenvalue weighted by atomic mass is 10.2. The predicted octanol–water partition coefficient (Wildman–Crippen LogP) is -0.134. The average Bonchev–Trinajstić information content (AvgIpc) is 2.31. The molecule has 9 heteroatoms. The lowest BCUT2D eigenvalue weighted by Gasteiger charge is -2.02. The number of carboxylic acid groups (broad SMARTS) is 1. The lowest BCUT2D eigenvalue weighted by molar-refractivity contribution is -0.386. The van der Waals surface area contributed by atoms with E-state index in [2.05, 4.69) is 0 Å². The number of nitrogens with zero attached hydrogens (tertiary/aromatic N) is 2. The molecule has 0 radical (unpaired) electrons. The number of nitrogens with one attached hydrogen (secondary N) is 1. The summed E-state index contributed by atoms with van der Waals surface area (Å²) in [6.07, 6.45) is 2.29. The first-order valence-corrected chi connectivity index (χ1v) is 5.27. The summed E-state index contributed by atoms with van der Waals surface area (Å²) in [4.78, 5) is 44.7. The van der Waals surface area contributed by atoms with Crippen molar-refractivity contribution in [1.82, 2.24) is 9.55 Å². The number of rotatable bonds is 5. The molecule has 2 N–H and O–H groups in total. The van der Waals surface area contributed by atoms with Gasteiger partial charge in [-0.3, -0.25) is 24.5 Å². The Labute approximate surface area is 106 Å². The second kappa shape index (κ2) is 5.76. The van der Waals surface area contributed by atoms with Crippen LogP contribution in [0.15, 0.2) is 27.4 Å². The molecule has 0 saturated heterocycles. The Kier molecular flexibility index (Phi) is 4.35. The van der Waals surface area contributed by atoms with Crippen LogP contribution in [0.25, 0.3) is 0 Å². The van der Waals surface area contributed by atoms with Gasteiger partial charge >= 0.3 is 22.9 Å². The summed E-state index contributed by atoms with van der Waals surface area (Å²) < 4.78 is 0.859. The molecule has 0 atom stereocenters. The molecule has 0 aromatic carbocycles. The second-order valence-corrected chi connectivity index (χ2v) is 3.57. The number of nitro groups is 1. The highest BCUT2D eigenvalue weighted by atomic mass is 16.6. The van der Waals surface area contributed by atoms with Crippen LogP contribution in [0.2, 0.25) is 0 Å². The fourth-order valence-electron chi connectivity index (χ4n) is 1.35. The first-order chi connectivity index (χ1) is 8.86. The smallest absolute Gasteiger partial charge is 0.350 e. The predicted molar refractivity (Wildman–Crippen MR) is 64.0 cm³/mol. The van der Waals surface area contributed by atoms with Crippen molar-refractivity contribution in [3.05, 3.63) is 48.8 Å². The molecule has 1 aromatic heterocycles. The van der Waals surface area contributed by atoms with Gasteiger partial charge < -0.3 is 5.11 Å². The van der Waals surface area contributed by atoms with E-state index in [1.54, 1.807) is 11.9 Å². The highest BCUT2D eigenvalue weighted by Gasteiger charge is 2.14. The maximum Gasteiger partial charge on any atom is 0.350 e. The van der Waals surface area contributed by atoms with Crippen molar-refractivity contribution in [1.29, 1.82) is 0 Å². The van der Waals surface area contributed by atoms with Crippen LogP contribution in [0.5, 0.6) is 0 Å². The van der Waals surface area contributed by atoms with Crippen LogP contribution in [0.4, 0.5) is 5.69 Å². The summed E-state index contributed by atoms with van der Waals surface area (Å²) in [6, 6.07) is 0. The zero-order valence-electron chi connectivity index (χ0n) is 9.95. The molecule has 19 heavy (non-hydrogen) atoms. The molecule has 0 unspecified atom stereocenters. The van der Waals surface area contributed by atoms with Crippen molar-refractivity contribution in [3.8, 4) is 0 Å². The minimum Gasteiger partial charge on any atom is -0.478 e. The van der Waals surface area contributed by atoms with Gasteiger partial charge in [0, 0.05) is 12.1 Å². The van der Waals surface area contributed by atoms with Gasteiger partial charge in [-0.05, 0) is 6.42 Å². The number of allylic oxidation sites excluding steroid dienone is 1. The quantitative estimate of drug-likeness (QED) is 0.434. The fraction of sp³-hybridized carbons (Fsp3) is 0.300. The number of hydrogen-bond donors (Lipinski definition) is 2. The van der Waals surface area contributed by atoms with Gasteiger partial charge in [0.2, 0.25) is 0 Å². The van der Waals surface area contributed by atoms with Gasteiger partial charge in [-0.25, -0.2) is 9.59 Å². The molecule has 1 heterocycles. The van der Waals surface area contributed by atoms with Crippen LogP contribution < -0.4 is 11.2 Å². The minimum absolute atomic E-state index is 0.0701. The minimum atomic E-state index is -1.13. The van der Waals surface area contributed by atoms with Crippen molar-refractivity contribution >= 4 is 11.7 Å². The van der Waals surface area contributed by atoms with Gasteiger partial charge in [0.05, 0.1) is 11.1 Å². The summed E-state index contributed by atoms with van der Waals surface area (Å²) in [5.74, 6) is -1.13. The maximum absolute atomic E-state index is 11.4. The topological polar surface area (TPSA) is 135 Å². The summed E-state index contributed by atoms with van der Waals surface area (Å²) in [5, 5.41) is 19.3. The van der Waals surface area contributed by atoms with E-state index in [0.29, 0.717) is 0 Å². The first-order valence-electron chi connectivity index (χ1n) is 5.27. The molecule has 0 saturated carbocycles. The van der Waals surface area contributed by atoms with E-state index in [1.165, 1.54) is 6.08 Å². The standard InChI is InChI=1S/C10H11N3O6/c1-2-6(9(15)16)3-4-12-5-7(13(18)19)8(14)11-10(12)17/h3,5H,2,4H2,1H3,(H,15,16)(H,11,14,17). The van der Waals surface area contributed by atoms with E-state index in [0.717, 1.165) is 10.8 Å². The lowest BCUT2D eigenvalue weighted by Crippen LogP contribution is -2.30. The van der Waals surface area contributed by atoms with Crippen molar-refractivity contribution in [3.63, 3.8) is 0 Å². The number of aliphatic carboxylic acids is 1. The molecule has 0 bridgehead atoms. The second-order valence-electron chi connectivity index (χ2n) is 3.57. The zero-order valence-corrected chi connectivity index (χ0v) is 9.95. The largest absolute Gasteiger partial charge is 0.478 e. The third kappa shape index (κ3) is 3.37. The van der Waals surface area contributed by atoms with Crippen LogP contribution in [0, 0.1) is 10.1 Å². The van der Waals surface area contributed by atoms with Crippen molar-refractivity contribution in [2.24, 2.45) is 0 Å². The van der Waals surface area contributed by atoms with Gasteiger partial charge in [-0.1, -0.05) is 13.0 Å². The monoisotopic (exact) mass is 269 g/mol. The van der Waals surface area contributed by atoms with Crippen molar-refractivity contribution in [2.75, 3.05) is 0 Å². The van der Waals surface area contributed by atoms with Gasteiger partial charge in [0.1, 0.15) is 0 Å². The molecule has 0 spiro atoms. The Morgan fingerprint density at radius 1 is 1.58 bits per heavy atom. The highest BCUT2D eigenvalue weighted by Crippen LogP contribution is 2.03. The number of carboxylic acids is 1. The van der Waals surface area contributed by atoms with E-state index in [-0.39, 0.29) is 18.5 Å². The molecular weight excluding hydrogens is 258 g/mol. The van der Waals surface area contributed by atoms with E-state index >= 15 is 0 Å². The molecule has 102 valence electrons. The number of H-pyrrole nitrogens is 1. The number of carbonyl (C=O) groups is 1. The van der Waals surface area contributed by atoms with Crippen LogP contribution >= 0.6 is 0 Å². The van der Waals surface area contributed by atoms with Crippen LogP contribution in [0.3, 0.4) is 0 Å². The molecule has 1 aromatic rings. The number of aromatic amines is 1. The van der Waals surface area contributed by atoms with E-state index < -0.39 is 27.8 Å². The Bertz CT molecular complexity index is 654. The summed E-state index contributed by atoms with van der Waals surface area (Å²) >= 11 is 0. The van der Waals surface area contributed by atoms with Crippen LogP contribution in [-0.4, -0.2) is 25.6 Å². The molecule has 0 aliphatic carbocycles. The Morgan fingerprint density at radius 3 is 2.68 bits per heavy atom. The van der Waals surface area contributed by atoms with Gasteiger partial charge in [0.25, 0.3) is 0 Å². The van der Waals surface area contributed by atoms with E-state index in [4.69, 9.17) is 5.11 Å². The Balaban J connectivity index is 3.19. The fourth-order valence-corrected chi connectivity index (χ4v) is 1.35. The normalized spacial score (nSPS) is 11.3. The summed E-state index contributed by atoms with van der Waals surface area (Å²) in [7, 11) is 0. The van der Waals surface area contributed by atoms with Gasteiger partial charge in [0.15, 0.2) is 0 Å². The Hall–Kier alpha value is -2.71. The van der Waals surface area contributed by atoms with E-state index in [1.807, 2.05) is 0 Å². The molecule has 9 nitrogen and oxygen atoms in total. The molecule has 1 rings (SSSR count). The Morgan fingerprint density at radius 2 is 2.21 bits per heavy atom. The number of aromatic nitrogens is 2. The van der Waals surface area contributed by atoms with Crippen LogP contribution in [0.1, 0.15) is 13.3 Å². The van der Waals surface area contributed by atoms with Gasteiger partial charge in [-0.15, -0.1) is 0 Å². The number of hydrogen-bond acceptors (Lipinski definition) is 5.